The molecule has 3 rings (SSSR count). The molecule has 0 spiro atoms. The van der Waals surface area contributed by atoms with E-state index in [4.69, 9.17) is 0 Å². The van der Waals surface area contributed by atoms with Crippen LogP contribution in [-0.4, -0.2) is 24.3 Å². The van der Waals surface area contributed by atoms with Crippen LogP contribution in [0.25, 0.3) is 0 Å². The largest absolute Gasteiger partial charge is 0.340 e. The minimum absolute atomic E-state index is 0. The van der Waals surface area contributed by atoms with Crippen LogP contribution in [0, 0.1) is 6.92 Å². The van der Waals surface area contributed by atoms with E-state index in [-0.39, 0.29) is 14.9 Å². The first-order valence-electron chi connectivity index (χ1n) is 9.99. The smallest absolute Gasteiger partial charge is 0.0946 e. The van der Waals surface area contributed by atoms with Gasteiger partial charge in [0.25, 0.3) is 0 Å². The Bertz CT molecular complexity index is 751. The van der Waals surface area contributed by atoms with Gasteiger partial charge in [0.15, 0.2) is 0 Å². The predicted molar refractivity (Wildman–Crippen MR) is 131 cm³/mol. The van der Waals surface area contributed by atoms with Gasteiger partial charge in [0.1, 0.15) is 0 Å². The van der Waals surface area contributed by atoms with Crippen molar-refractivity contribution in [2.75, 3.05) is 0 Å². The lowest BCUT2D eigenvalue weighted by Crippen LogP contribution is -1.88. The fraction of sp³-hybridized carbons (Fsp3) is 0.560. The van der Waals surface area contributed by atoms with Crippen molar-refractivity contribution >= 4 is 0 Å². The molecule has 3 heterocycles. The summed E-state index contributed by atoms with van der Waals surface area (Å²) in [5.41, 5.74) is 4.87. The molecule has 0 radical (unpaired) electrons. The molecule has 5 nitrogen and oxygen atoms in total. The molecule has 5 heteroatoms. The highest BCUT2D eigenvalue weighted by Crippen LogP contribution is 2.12. The third kappa shape index (κ3) is 10.9. The summed E-state index contributed by atoms with van der Waals surface area (Å²) in [4.78, 5) is 8.38. The Morgan fingerprint density at radius 1 is 0.733 bits per heavy atom. The topological polar surface area (TPSA) is 48.5 Å². The van der Waals surface area contributed by atoms with Crippen molar-refractivity contribution in [3.05, 3.63) is 65.8 Å². The summed E-state index contributed by atoms with van der Waals surface area (Å²) < 4.78 is 3.80. The lowest BCUT2D eigenvalue weighted by molar-refractivity contribution is 0.764. The number of aromatic nitrogens is 5. The Morgan fingerprint density at radius 3 is 1.60 bits per heavy atom. The van der Waals surface area contributed by atoms with E-state index in [0.717, 1.165) is 11.4 Å². The highest BCUT2D eigenvalue weighted by Gasteiger charge is 2.00. The van der Waals surface area contributed by atoms with Gasteiger partial charge >= 0.3 is 0 Å². The second-order valence-electron chi connectivity index (χ2n) is 8.11. The zero-order chi connectivity index (χ0) is 21.3. The first kappa shape index (κ1) is 29.8. The van der Waals surface area contributed by atoms with E-state index in [1.54, 1.807) is 0 Å². The summed E-state index contributed by atoms with van der Waals surface area (Å²) in [5, 5.41) is 4.05. The van der Waals surface area contributed by atoms with E-state index in [1.165, 1.54) is 11.1 Å². The highest BCUT2D eigenvalue weighted by atomic mass is 15.2. The SMILES string of the molecule is C.C.CC(C)c1cn(C)cn1.CC(C)c1cnn(C)c1.Cc1ccc(C(C)C)cn1. The van der Waals surface area contributed by atoms with Crippen LogP contribution in [-0.2, 0) is 14.1 Å². The first-order chi connectivity index (χ1) is 13.1. The van der Waals surface area contributed by atoms with E-state index in [1.807, 2.05) is 61.4 Å². The minimum Gasteiger partial charge on any atom is -0.340 e. The first-order valence-corrected chi connectivity index (χ1v) is 9.99. The van der Waals surface area contributed by atoms with Crippen LogP contribution in [0.3, 0.4) is 0 Å². The number of imidazole rings is 1. The number of hydrogen-bond donors (Lipinski definition) is 0. The van der Waals surface area contributed by atoms with Gasteiger partial charge in [-0.05, 0) is 41.9 Å². The zero-order valence-corrected chi connectivity index (χ0v) is 19.0. The maximum Gasteiger partial charge on any atom is 0.0946 e. The molecule has 0 aliphatic heterocycles. The van der Waals surface area contributed by atoms with E-state index in [2.05, 4.69) is 68.7 Å². The number of rotatable bonds is 3. The lowest BCUT2D eigenvalue weighted by atomic mass is 10.1. The van der Waals surface area contributed by atoms with Crippen molar-refractivity contribution in [2.45, 2.75) is 81.1 Å². The molecule has 0 atom stereocenters. The standard InChI is InChI=1S/C9H13N.2C7H12N2.2CH4/c1-7(2)9-5-4-8(3)10-6-9;1-6(2)7-4-9(3)5-8-7;1-6(2)7-4-8-9(3)5-7;;/h4-7H,1-3H3;2*4-6H,1-3H3;2*1H4. The lowest BCUT2D eigenvalue weighted by Gasteiger charge is -2.02. The molecule has 0 N–H and O–H groups in total. The van der Waals surface area contributed by atoms with Gasteiger partial charge in [0.05, 0.1) is 18.2 Å². The van der Waals surface area contributed by atoms with Crippen LogP contribution in [0.2, 0.25) is 0 Å². The number of hydrogen-bond acceptors (Lipinski definition) is 3. The fourth-order valence-electron chi connectivity index (χ4n) is 2.29. The van der Waals surface area contributed by atoms with E-state index < -0.39 is 0 Å². The van der Waals surface area contributed by atoms with Gasteiger partial charge in [-0.2, -0.15) is 5.10 Å². The summed E-state index contributed by atoms with van der Waals surface area (Å²) in [6.07, 6.45) is 9.77. The van der Waals surface area contributed by atoms with Crippen molar-refractivity contribution in [1.29, 1.82) is 0 Å². The molecule has 0 aromatic carbocycles. The summed E-state index contributed by atoms with van der Waals surface area (Å²) >= 11 is 0. The van der Waals surface area contributed by atoms with E-state index in [0.29, 0.717) is 17.8 Å². The second kappa shape index (κ2) is 14.5. The average molecular weight is 416 g/mol. The fourth-order valence-corrected chi connectivity index (χ4v) is 2.29. The zero-order valence-electron chi connectivity index (χ0n) is 19.0. The van der Waals surface area contributed by atoms with Gasteiger partial charge < -0.3 is 4.57 Å². The maximum atomic E-state index is 4.20. The maximum absolute atomic E-state index is 4.20. The normalized spacial score (nSPS) is 9.87. The molecule has 0 bridgehead atoms. The van der Waals surface area contributed by atoms with Crippen LogP contribution < -0.4 is 0 Å². The third-order valence-corrected chi connectivity index (χ3v) is 4.31. The highest BCUT2D eigenvalue weighted by molar-refractivity contribution is 5.16. The molecule has 0 saturated heterocycles. The molecular formula is C25H45N5. The summed E-state index contributed by atoms with van der Waals surface area (Å²) in [6.45, 7) is 15.0. The van der Waals surface area contributed by atoms with Crippen molar-refractivity contribution in [3.63, 3.8) is 0 Å². The van der Waals surface area contributed by atoms with Crippen LogP contribution in [0.1, 0.15) is 96.7 Å². The number of aryl methyl sites for hydroxylation is 3. The van der Waals surface area contributed by atoms with Crippen molar-refractivity contribution in [3.8, 4) is 0 Å². The Balaban J connectivity index is 0. The van der Waals surface area contributed by atoms with Crippen molar-refractivity contribution < 1.29 is 0 Å². The van der Waals surface area contributed by atoms with Gasteiger partial charge in [0, 0.05) is 38.4 Å². The molecule has 0 fully saturated rings. The molecule has 0 saturated carbocycles. The summed E-state index contributed by atoms with van der Waals surface area (Å²) in [7, 11) is 3.92. The van der Waals surface area contributed by atoms with Crippen LogP contribution >= 0.6 is 0 Å². The Morgan fingerprint density at radius 2 is 1.33 bits per heavy atom. The number of nitrogens with zero attached hydrogens (tertiary/aromatic N) is 5. The van der Waals surface area contributed by atoms with E-state index >= 15 is 0 Å². The minimum atomic E-state index is 0. The molecule has 170 valence electrons. The van der Waals surface area contributed by atoms with Gasteiger partial charge in [-0.3, -0.25) is 9.67 Å². The Labute approximate surface area is 185 Å². The van der Waals surface area contributed by atoms with Gasteiger partial charge in [-0.25, -0.2) is 4.98 Å². The van der Waals surface area contributed by atoms with Crippen molar-refractivity contribution in [1.82, 2.24) is 24.3 Å². The van der Waals surface area contributed by atoms with Crippen LogP contribution in [0.15, 0.2) is 43.2 Å². The monoisotopic (exact) mass is 415 g/mol. The molecule has 3 aromatic heterocycles. The van der Waals surface area contributed by atoms with Gasteiger partial charge in [0.2, 0.25) is 0 Å². The average Bonchev–Trinajstić information content (AvgIpc) is 3.25. The van der Waals surface area contributed by atoms with Crippen LogP contribution in [0.4, 0.5) is 0 Å². The Hall–Kier alpha value is -2.43. The molecule has 30 heavy (non-hydrogen) atoms. The summed E-state index contributed by atoms with van der Waals surface area (Å²) in [5.74, 6) is 1.73. The predicted octanol–water partition coefficient (Wildman–Crippen LogP) is 6.87. The quantitative estimate of drug-likeness (QED) is 0.469. The number of pyridine rings is 1. The molecule has 0 amide bonds. The Kier molecular flexibility index (Phi) is 14.4. The molecule has 0 aliphatic carbocycles. The molecule has 3 aromatic rings. The summed E-state index contributed by atoms with van der Waals surface area (Å²) in [6, 6.07) is 4.18. The van der Waals surface area contributed by atoms with Gasteiger partial charge in [-0.15, -0.1) is 0 Å². The van der Waals surface area contributed by atoms with Crippen LogP contribution in [0.5, 0.6) is 0 Å². The van der Waals surface area contributed by atoms with E-state index in [9.17, 15) is 0 Å². The molecule has 0 unspecified atom stereocenters. The molecular weight excluding hydrogens is 370 g/mol. The van der Waals surface area contributed by atoms with Gasteiger partial charge in [-0.1, -0.05) is 62.5 Å². The van der Waals surface area contributed by atoms with Crippen molar-refractivity contribution in [2.24, 2.45) is 14.1 Å². The molecule has 0 aliphatic rings. The second-order valence-corrected chi connectivity index (χ2v) is 8.11. The third-order valence-electron chi connectivity index (χ3n) is 4.31.